The van der Waals surface area contributed by atoms with E-state index in [-0.39, 0.29) is 37.9 Å². The van der Waals surface area contributed by atoms with Crippen molar-refractivity contribution in [2.75, 3.05) is 23.5 Å². The number of hydrogen-bond acceptors (Lipinski definition) is 7. The van der Waals surface area contributed by atoms with Crippen molar-refractivity contribution in [3.05, 3.63) is 136 Å². The minimum atomic E-state index is -1.50. The number of hydrazine groups is 1. The summed E-state index contributed by atoms with van der Waals surface area (Å²) in [6.07, 6.45) is 2.36. The maximum Gasteiger partial charge on any atom is 0.260 e. The van der Waals surface area contributed by atoms with E-state index in [1.807, 2.05) is 18.2 Å². The van der Waals surface area contributed by atoms with E-state index in [0.29, 0.717) is 38.3 Å². The second kappa shape index (κ2) is 13.2. The van der Waals surface area contributed by atoms with Gasteiger partial charge in [0.15, 0.2) is 0 Å². The van der Waals surface area contributed by atoms with Gasteiger partial charge < -0.3 is 9.84 Å². The van der Waals surface area contributed by atoms with Crippen LogP contribution >= 0.6 is 23.2 Å². The monoisotopic (exact) mass is 739 g/mol. The molecule has 8 rings (SSSR count). The van der Waals surface area contributed by atoms with Crippen LogP contribution in [0.3, 0.4) is 0 Å². The van der Waals surface area contributed by atoms with E-state index in [1.165, 1.54) is 29.2 Å². The Balaban J connectivity index is 1.30. The fourth-order valence-electron chi connectivity index (χ4n) is 8.79. The van der Waals surface area contributed by atoms with Crippen LogP contribution in [0.25, 0.3) is 0 Å². The summed E-state index contributed by atoms with van der Waals surface area (Å²) >= 11 is 12.5. The van der Waals surface area contributed by atoms with E-state index in [4.69, 9.17) is 27.9 Å². The number of anilines is 2. The molecule has 1 saturated carbocycles. The Labute approximate surface area is 308 Å². The normalized spacial score (nSPS) is 26.5. The number of halogens is 3. The predicted octanol–water partition coefficient (Wildman–Crippen LogP) is 6.69. The fourth-order valence-corrected chi connectivity index (χ4v) is 9.05. The number of hydrogen-bond donors (Lipinski definition) is 2. The van der Waals surface area contributed by atoms with Gasteiger partial charge in [-0.1, -0.05) is 59.1 Å². The lowest BCUT2D eigenvalue weighted by Crippen LogP contribution is -2.53. The van der Waals surface area contributed by atoms with Crippen LogP contribution in [0.4, 0.5) is 15.8 Å². The molecule has 2 aliphatic carbocycles. The second-order valence-corrected chi connectivity index (χ2v) is 14.4. The van der Waals surface area contributed by atoms with Gasteiger partial charge in [-0.3, -0.25) is 29.5 Å². The summed E-state index contributed by atoms with van der Waals surface area (Å²) in [6, 6.07) is 25.9. The summed E-state index contributed by atoms with van der Waals surface area (Å²) < 4.78 is 19.5. The lowest BCUT2D eigenvalue weighted by atomic mass is 9.49. The highest BCUT2D eigenvalue weighted by atomic mass is 35.5. The molecule has 4 aromatic carbocycles. The molecule has 3 fully saturated rings. The van der Waals surface area contributed by atoms with Crippen LogP contribution in [-0.2, 0) is 24.6 Å². The number of benzene rings is 4. The molecule has 12 heteroatoms. The highest BCUT2D eigenvalue weighted by Gasteiger charge is 2.70. The van der Waals surface area contributed by atoms with E-state index in [9.17, 15) is 23.9 Å². The van der Waals surface area contributed by atoms with Crippen LogP contribution in [0.1, 0.15) is 29.9 Å². The zero-order valence-corrected chi connectivity index (χ0v) is 29.1. The summed E-state index contributed by atoms with van der Waals surface area (Å²) in [6.45, 7) is -0.0801. The zero-order chi connectivity index (χ0) is 36.3. The molecule has 2 N–H and O–H groups in total. The number of amides is 4. The van der Waals surface area contributed by atoms with E-state index >= 15 is 4.79 Å². The Bertz CT molecular complexity index is 2110. The molecule has 0 spiro atoms. The summed E-state index contributed by atoms with van der Waals surface area (Å²) in [4.78, 5) is 59.6. The van der Waals surface area contributed by atoms with Crippen molar-refractivity contribution in [2.24, 2.45) is 23.7 Å². The second-order valence-electron chi connectivity index (χ2n) is 13.5. The molecule has 2 aliphatic heterocycles. The molecule has 4 amide bonds. The third-order valence-corrected chi connectivity index (χ3v) is 11.4. The smallest absolute Gasteiger partial charge is 0.260 e. The molecule has 6 atom stereocenters. The van der Waals surface area contributed by atoms with Crippen LogP contribution in [-0.4, -0.2) is 47.0 Å². The van der Waals surface area contributed by atoms with E-state index < -0.39 is 52.6 Å². The van der Waals surface area contributed by atoms with Gasteiger partial charge in [0, 0.05) is 16.0 Å². The summed E-state index contributed by atoms with van der Waals surface area (Å²) in [7, 11) is 0. The van der Waals surface area contributed by atoms with Gasteiger partial charge in [0.1, 0.15) is 18.2 Å². The lowest BCUT2D eigenvalue weighted by molar-refractivity contribution is -0.138. The number of nitrogens with one attached hydrogen (secondary N) is 1. The maximum atomic E-state index is 15.2. The van der Waals surface area contributed by atoms with Crippen molar-refractivity contribution < 1.29 is 33.4 Å². The largest absolute Gasteiger partial charge is 0.491 e. The molecule has 4 aliphatic rings. The molecule has 2 heterocycles. The van der Waals surface area contributed by atoms with Crippen LogP contribution in [0.15, 0.2) is 109 Å². The number of nitrogens with zero attached hydrogens (tertiary/aromatic N) is 2. The summed E-state index contributed by atoms with van der Waals surface area (Å²) in [5.41, 5.74) is 4.25. The Kier molecular flexibility index (Phi) is 8.64. The van der Waals surface area contributed by atoms with Gasteiger partial charge in [0.25, 0.3) is 11.8 Å². The Morgan fingerprint density at radius 3 is 2.12 bits per heavy atom. The number of ether oxygens (including phenoxy) is 1. The number of imide groups is 2. The van der Waals surface area contributed by atoms with Gasteiger partial charge in [0.05, 0.1) is 41.2 Å². The van der Waals surface area contributed by atoms with Crippen molar-refractivity contribution in [3.8, 4) is 5.75 Å². The van der Waals surface area contributed by atoms with E-state index in [2.05, 4.69) is 5.43 Å². The minimum Gasteiger partial charge on any atom is -0.491 e. The first kappa shape index (κ1) is 34.1. The minimum absolute atomic E-state index is 0.0904. The van der Waals surface area contributed by atoms with Crippen molar-refractivity contribution in [2.45, 2.75) is 24.2 Å². The van der Waals surface area contributed by atoms with Crippen molar-refractivity contribution >= 4 is 58.2 Å². The number of rotatable bonds is 8. The molecule has 52 heavy (non-hydrogen) atoms. The van der Waals surface area contributed by atoms with Crippen LogP contribution in [0, 0.1) is 29.5 Å². The number of allylic oxidation sites excluding steroid dienone is 2. The standard InChI is InChI=1S/C40H32Cl2FN3O6/c41-24-5-3-23(4-6-24)40-33(37(49)46(39(40)51)44-27-11-9-26(43)10-12-27)21-32-30(35(40)22-1-15-29(16-2-22)52-20-19-47)17-18-31-34(32)38(50)45(36(31)48)28-13-7-25(42)8-14-28/h1-17,31-35,44,47H,18-21H2. The van der Waals surface area contributed by atoms with Gasteiger partial charge >= 0.3 is 0 Å². The average Bonchev–Trinajstić information content (AvgIpc) is 3.53. The predicted molar refractivity (Wildman–Crippen MR) is 192 cm³/mol. The van der Waals surface area contributed by atoms with Gasteiger partial charge in [-0.15, -0.1) is 0 Å². The molecule has 0 bridgehead atoms. The molecule has 0 radical (unpaired) electrons. The Hall–Kier alpha value is -5.03. The van der Waals surface area contributed by atoms with Gasteiger partial charge in [-0.2, -0.15) is 5.01 Å². The fraction of sp³-hybridized carbons (Fsp3) is 0.250. The SMILES string of the molecule is O=C1C2CC3C(=CCC4C(=O)N(c5ccc(Cl)cc5)C(=O)C43)C(c3ccc(OCCO)cc3)C2(c2ccc(Cl)cc2)C(=O)N1Nc1ccc(F)cc1. The maximum absolute atomic E-state index is 15.2. The van der Waals surface area contributed by atoms with Crippen LogP contribution < -0.4 is 15.1 Å². The molecule has 0 aromatic heterocycles. The van der Waals surface area contributed by atoms with Gasteiger partial charge in [0.2, 0.25) is 11.8 Å². The topological polar surface area (TPSA) is 116 Å². The van der Waals surface area contributed by atoms with E-state index in [1.54, 1.807) is 60.7 Å². The van der Waals surface area contributed by atoms with Crippen LogP contribution in [0.2, 0.25) is 10.0 Å². The molecule has 4 aromatic rings. The number of carbonyl (C=O) groups excluding carboxylic acids is 4. The van der Waals surface area contributed by atoms with Gasteiger partial charge in [-0.25, -0.2) is 4.39 Å². The number of carbonyl (C=O) groups is 4. The molecule has 6 unspecified atom stereocenters. The van der Waals surface area contributed by atoms with E-state index in [0.717, 1.165) is 10.6 Å². The Morgan fingerprint density at radius 2 is 1.46 bits per heavy atom. The quantitative estimate of drug-likeness (QED) is 0.153. The first-order chi connectivity index (χ1) is 25.1. The molecule has 9 nitrogen and oxygen atoms in total. The highest BCUT2D eigenvalue weighted by molar-refractivity contribution is 6.31. The summed E-state index contributed by atoms with van der Waals surface area (Å²) in [5, 5.41) is 11.2. The van der Waals surface area contributed by atoms with Crippen molar-refractivity contribution in [1.29, 1.82) is 0 Å². The summed E-state index contributed by atoms with van der Waals surface area (Å²) in [5.74, 6) is -5.40. The molecule has 264 valence electrons. The van der Waals surface area contributed by atoms with Crippen molar-refractivity contribution in [1.82, 2.24) is 5.01 Å². The third kappa shape index (κ3) is 5.31. The highest BCUT2D eigenvalue weighted by Crippen LogP contribution is 2.64. The zero-order valence-electron chi connectivity index (χ0n) is 27.5. The Morgan fingerprint density at radius 1 is 0.808 bits per heavy atom. The first-order valence-electron chi connectivity index (χ1n) is 17.0. The number of fused-ring (bicyclic) bond motifs is 4. The number of aliphatic hydroxyl groups is 1. The van der Waals surface area contributed by atoms with Crippen molar-refractivity contribution in [3.63, 3.8) is 0 Å². The molecular formula is C40H32Cl2FN3O6. The van der Waals surface area contributed by atoms with Crippen LogP contribution in [0.5, 0.6) is 5.75 Å². The first-order valence-corrected chi connectivity index (χ1v) is 17.7. The molecular weight excluding hydrogens is 708 g/mol. The third-order valence-electron chi connectivity index (χ3n) is 10.9. The average molecular weight is 741 g/mol. The number of aliphatic hydroxyl groups excluding tert-OH is 1. The molecule has 2 saturated heterocycles. The van der Waals surface area contributed by atoms with Gasteiger partial charge in [-0.05, 0) is 103 Å². The lowest BCUT2D eigenvalue weighted by Gasteiger charge is -2.50.